The van der Waals surface area contributed by atoms with Crippen LogP contribution in [0.2, 0.25) is 25.7 Å². The van der Waals surface area contributed by atoms with Gasteiger partial charge in [-0.15, -0.1) is 0 Å². The third-order valence-electron chi connectivity index (χ3n) is 7.79. The zero-order chi connectivity index (χ0) is 27.7. The van der Waals surface area contributed by atoms with E-state index in [1.54, 1.807) is 6.33 Å². The van der Waals surface area contributed by atoms with Crippen molar-refractivity contribution in [1.29, 1.82) is 5.26 Å². The monoisotopic (exact) mass is 553 g/mol. The maximum Gasteiger partial charge on any atom is 0.145 e. The molecule has 5 aromatic heterocycles. The lowest BCUT2D eigenvalue weighted by molar-refractivity contribution is 0.0899. The number of ether oxygens (including phenoxy) is 1. The highest BCUT2D eigenvalue weighted by Crippen LogP contribution is 2.34. The first kappa shape index (κ1) is 26.2. The molecule has 5 aromatic rings. The summed E-state index contributed by atoms with van der Waals surface area (Å²) in [5.41, 5.74) is 3.50. The molecule has 1 N–H and O–H groups in total. The molecule has 0 aliphatic carbocycles. The summed E-state index contributed by atoms with van der Waals surface area (Å²) in [7, 11) is -1.13. The quantitative estimate of drug-likeness (QED) is 0.180. The number of fused-ring (bicyclic) bond motifs is 2. The summed E-state index contributed by atoms with van der Waals surface area (Å²) in [6.45, 7) is 10.0. The number of rotatable bonds is 10. The van der Waals surface area contributed by atoms with Crippen LogP contribution in [-0.4, -0.2) is 62.1 Å². The first-order chi connectivity index (χ1) is 19.4. The second-order valence-corrected chi connectivity index (χ2v) is 17.4. The summed E-state index contributed by atoms with van der Waals surface area (Å²) in [5, 5.41) is 16.5. The molecule has 11 heteroatoms. The maximum atomic E-state index is 9.68. The van der Waals surface area contributed by atoms with Crippen molar-refractivity contribution in [2.24, 2.45) is 5.92 Å². The molecular weight excluding hydrogens is 518 g/mol. The Kier molecular flexibility index (Phi) is 7.12. The van der Waals surface area contributed by atoms with Crippen molar-refractivity contribution in [1.82, 2.24) is 34.3 Å². The summed E-state index contributed by atoms with van der Waals surface area (Å²) in [6.07, 6.45) is 10.8. The van der Waals surface area contributed by atoms with Crippen molar-refractivity contribution in [3.05, 3.63) is 55.4 Å². The topological polar surface area (TPSA) is 113 Å². The van der Waals surface area contributed by atoms with E-state index in [4.69, 9.17) is 14.8 Å². The van der Waals surface area contributed by atoms with Gasteiger partial charge >= 0.3 is 0 Å². The lowest BCUT2D eigenvalue weighted by Gasteiger charge is -2.23. The average Bonchev–Trinajstić information content (AvgIpc) is 3.75. The van der Waals surface area contributed by atoms with Crippen LogP contribution in [0.1, 0.15) is 18.9 Å². The molecule has 2 unspecified atom stereocenters. The minimum absolute atomic E-state index is 0.0281. The van der Waals surface area contributed by atoms with E-state index < -0.39 is 8.07 Å². The van der Waals surface area contributed by atoms with E-state index in [0.717, 1.165) is 71.3 Å². The highest BCUT2D eigenvalue weighted by molar-refractivity contribution is 6.76. The molecular formula is C29H35N9OSi. The molecule has 0 saturated carbocycles. The number of nitrogens with zero attached hydrogens (tertiary/aromatic N) is 8. The highest BCUT2D eigenvalue weighted by Gasteiger charge is 2.32. The minimum Gasteiger partial charge on any atom is -0.361 e. The Balaban J connectivity index is 1.19. The second-order valence-electron chi connectivity index (χ2n) is 11.8. The fraction of sp³-hybridized carbons (Fsp3) is 0.414. The van der Waals surface area contributed by atoms with Crippen LogP contribution in [0.5, 0.6) is 0 Å². The van der Waals surface area contributed by atoms with Crippen molar-refractivity contribution in [2.45, 2.75) is 51.3 Å². The van der Waals surface area contributed by atoms with E-state index in [1.165, 1.54) is 0 Å². The van der Waals surface area contributed by atoms with E-state index in [9.17, 15) is 5.26 Å². The molecule has 1 aliphatic heterocycles. The SMILES string of the molecule is C[Si](C)(C)CCOCn1ccc2c(-c3cnn(C(CC#N)C4CCN(c5ccc6cc[nH]c6n5)C4)c3)ncnc21. The van der Waals surface area contributed by atoms with Crippen molar-refractivity contribution in [2.75, 3.05) is 24.6 Å². The van der Waals surface area contributed by atoms with Crippen LogP contribution < -0.4 is 4.90 Å². The van der Waals surface area contributed by atoms with Crippen LogP contribution in [-0.2, 0) is 11.5 Å². The molecule has 2 atom stereocenters. The molecule has 0 bridgehead atoms. The molecule has 6 heterocycles. The summed E-state index contributed by atoms with van der Waals surface area (Å²) in [4.78, 5) is 19.5. The standard InChI is InChI=1S/C29H35N9OSi/c1-40(2,3)15-14-39-20-37-13-9-24-27(32-19-33-29(24)37)23-16-34-38(18-23)25(6-10-30)22-8-12-36(17-22)26-5-4-21-7-11-31-28(21)35-26/h4-5,7,9,11,13,16,18-19,22,25H,6,8,12,14-15,17,20H2,1-3H3,(H,31,35). The third kappa shape index (κ3) is 5.37. The van der Waals surface area contributed by atoms with E-state index in [-0.39, 0.29) is 12.0 Å². The largest absolute Gasteiger partial charge is 0.361 e. The van der Waals surface area contributed by atoms with Crippen LogP contribution in [0.3, 0.4) is 0 Å². The molecule has 0 aromatic carbocycles. The summed E-state index contributed by atoms with van der Waals surface area (Å²) in [6, 6.07) is 11.7. The molecule has 1 saturated heterocycles. The molecule has 10 nitrogen and oxygen atoms in total. The first-order valence-corrected chi connectivity index (χ1v) is 17.6. The Bertz CT molecular complexity index is 1660. The van der Waals surface area contributed by atoms with Gasteiger partial charge in [0.1, 0.15) is 30.2 Å². The number of nitriles is 1. The van der Waals surface area contributed by atoms with Gasteiger partial charge in [0.25, 0.3) is 0 Å². The lowest BCUT2D eigenvalue weighted by Crippen LogP contribution is -2.25. The van der Waals surface area contributed by atoms with Gasteiger partial charge in [0.15, 0.2) is 0 Å². The molecule has 1 aliphatic rings. The van der Waals surface area contributed by atoms with Crippen molar-refractivity contribution >= 4 is 36.0 Å². The highest BCUT2D eigenvalue weighted by atomic mass is 28.3. The predicted octanol–water partition coefficient (Wildman–Crippen LogP) is 5.46. The van der Waals surface area contributed by atoms with Crippen LogP contribution >= 0.6 is 0 Å². The molecule has 0 amide bonds. The first-order valence-electron chi connectivity index (χ1n) is 13.9. The Morgan fingerprint density at radius 1 is 1.20 bits per heavy atom. The molecule has 0 spiro atoms. The fourth-order valence-corrected chi connectivity index (χ4v) is 6.25. The van der Waals surface area contributed by atoms with Gasteiger partial charge in [-0.1, -0.05) is 19.6 Å². The van der Waals surface area contributed by atoms with Crippen molar-refractivity contribution < 1.29 is 4.74 Å². The van der Waals surface area contributed by atoms with Gasteiger partial charge in [-0.2, -0.15) is 10.4 Å². The van der Waals surface area contributed by atoms with Crippen LogP contribution in [0.25, 0.3) is 33.3 Å². The fourth-order valence-electron chi connectivity index (χ4n) is 5.50. The summed E-state index contributed by atoms with van der Waals surface area (Å²) in [5.74, 6) is 1.25. The second kappa shape index (κ2) is 10.9. The smallest absolute Gasteiger partial charge is 0.145 e. The maximum absolute atomic E-state index is 9.68. The molecule has 1 fully saturated rings. The average molecular weight is 554 g/mol. The molecule has 40 heavy (non-hydrogen) atoms. The number of hydrogen-bond acceptors (Lipinski definition) is 7. The van der Waals surface area contributed by atoms with Gasteiger partial charge in [-0.25, -0.2) is 15.0 Å². The molecule has 0 radical (unpaired) electrons. The number of aromatic nitrogens is 7. The predicted molar refractivity (Wildman–Crippen MR) is 159 cm³/mol. The van der Waals surface area contributed by atoms with Crippen molar-refractivity contribution in [3.63, 3.8) is 0 Å². The Labute approximate surface area is 234 Å². The number of nitrogens with one attached hydrogen (secondary N) is 1. The van der Waals surface area contributed by atoms with E-state index >= 15 is 0 Å². The van der Waals surface area contributed by atoms with Gasteiger partial charge in [0.2, 0.25) is 0 Å². The van der Waals surface area contributed by atoms with Crippen molar-refractivity contribution in [3.8, 4) is 17.3 Å². The number of aromatic amines is 1. The van der Waals surface area contributed by atoms with Gasteiger partial charge < -0.3 is 19.2 Å². The van der Waals surface area contributed by atoms with E-state index in [2.05, 4.69) is 57.7 Å². The minimum atomic E-state index is -1.13. The number of anilines is 1. The van der Waals surface area contributed by atoms with Gasteiger partial charge in [-0.3, -0.25) is 4.68 Å². The van der Waals surface area contributed by atoms with Gasteiger partial charge in [0, 0.05) is 68.6 Å². The van der Waals surface area contributed by atoms with Gasteiger partial charge in [0.05, 0.1) is 30.4 Å². The molecule has 6 rings (SSSR count). The lowest BCUT2D eigenvalue weighted by atomic mass is 9.96. The van der Waals surface area contributed by atoms with Crippen LogP contribution in [0, 0.1) is 17.2 Å². The summed E-state index contributed by atoms with van der Waals surface area (Å²) < 4.78 is 9.95. The number of H-pyrrole nitrogens is 1. The normalized spacial score (nSPS) is 16.6. The Hall–Kier alpha value is -4.01. The zero-order valence-electron chi connectivity index (χ0n) is 23.3. The zero-order valence-corrected chi connectivity index (χ0v) is 24.3. The molecule has 206 valence electrons. The Morgan fingerprint density at radius 2 is 2.10 bits per heavy atom. The number of hydrogen-bond donors (Lipinski definition) is 1. The van der Waals surface area contributed by atoms with E-state index in [0.29, 0.717) is 13.2 Å². The number of pyridine rings is 1. The van der Waals surface area contributed by atoms with Gasteiger partial charge in [-0.05, 0) is 36.7 Å². The van der Waals surface area contributed by atoms with E-state index in [1.807, 2.05) is 46.2 Å². The van der Waals surface area contributed by atoms with Crippen LogP contribution in [0.4, 0.5) is 5.82 Å². The Morgan fingerprint density at radius 3 is 2.95 bits per heavy atom. The summed E-state index contributed by atoms with van der Waals surface area (Å²) >= 11 is 0. The third-order valence-corrected chi connectivity index (χ3v) is 9.49. The van der Waals surface area contributed by atoms with Crippen LogP contribution in [0.15, 0.2) is 55.4 Å².